The van der Waals surface area contributed by atoms with Crippen molar-refractivity contribution in [2.45, 2.75) is 19.3 Å². The molecule has 28 heavy (non-hydrogen) atoms. The molecule has 2 aliphatic rings. The molecular weight excluding hydrogens is 352 g/mol. The van der Waals surface area contributed by atoms with Crippen LogP contribution in [-0.4, -0.2) is 29.2 Å². The summed E-state index contributed by atoms with van der Waals surface area (Å²) >= 11 is 0. The Morgan fingerprint density at radius 1 is 0.893 bits per heavy atom. The van der Waals surface area contributed by atoms with E-state index >= 15 is 0 Å². The minimum atomic E-state index is -0.251. The number of allylic oxidation sites excluding steroid dienone is 2. The van der Waals surface area contributed by atoms with Gasteiger partial charge in [-0.1, -0.05) is 60.7 Å². The largest absolute Gasteiger partial charge is 0.325 e. The van der Waals surface area contributed by atoms with E-state index < -0.39 is 0 Å². The van der Waals surface area contributed by atoms with Crippen molar-refractivity contribution in [1.82, 2.24) is 4.90 Å². The minimum Gasteiger partial charge on any atom is -0.325 e. The van der Waals surface area contributed by atoms with Crippen molar-refractivity contribution in [2.24, 2.45) is 11.8 Å². The van der Waals surface area contributed by atoms with Gasteiger partial charge >= 0.3 is 0 Å². The summed E-state index contributed by atoms with van der Waals surface area (Å²) in [5.74, 6) is -0.996. The Hall–Kier alpha value is -3.21. The van der Waals surface area contributed by atoms with Crippen molar-refractivity contribution in [1.29, 1.82) is 0 Å². The number of benzene rings is 2. The lowest BCUT2D eigenvalue weighted by Crippen LogP contribution is -2.34. The number of carbonyl (C=O) groups excluding carboxylic acids is 3. The molecule has 0 unspecified atom stereocenters. The maximum Gasteiger partial charge on any atom is 0.233 e. The van der Waals surface area contributed by atoms with Crippen LogP contribution < -0.4 is 5.32 Å². The molecule has 1 heterocycles. The van der Waals surface area contributed by atoms with Gasteiger partial charge in [0.1, 0.15) is 0 Å². The molecule has 0 radical (unpaired) electrons. The predicted octanol–water partition coefficient (Wildman–Crippen LogP) is 3.63. The zero-order valence-corrected chi connectivity index (χ0v) is 15.5. The third-order valence-corrected chi connectivity index (χ3v) is 5.45. The fourth-order valence-electron chi connectivity index (χ4n) is 3.98. The first-order chi connectivity index (χ1) is 13.6. The molecule has 3 amide bonds. The first-order valence-electron chi connectivity index (χ1n) is 9.59. The Kier molecular flexibility index (Phi) is 5.06. The van der Waals surface area contributed by atoms with E-state index in [-0.39, 0.29) is 42.5 Å². The smallest absolute Gasteiger partial charge is 0.233 e. The third kappa shape index (κ3) is 3.48. The summed E-state index contributed by atoms with van der Waals surface area (Å²) in [5, 5.41) is 2.92. The van der Waals surface area contributed by atoms with Gasteiger partial charge in [0, 0.05) is 24.2 Å². The van der Waals surface area contributed by atoms with Gasteiger partial charge in [-0.05, 0) is 24.5 Å². The topological polar surface area (TPSA) is 66.5 Å². The first-order valence-corrected chi connectivity index (χ1v) is 9.59. The van der Waals surface area contributed by atoms with E-state index in [1.54, 1.807) is 0 Å². The van der Waals surface area contributed by atoms with Gasteiger partial charge in [0.15, 0.2) is 0 Å². The zero-order valence-electron chi connectivity index (χ0n) is 15.5. The predicted molar refractivity (Wildman–Crippen MR) is 107 cm³/mol. The fraction of sp³-hybridized carbons (Fsp3) is 0.261. The molecule has 2 aromatic rings. The van der Waals surface area contributed by atoms with Crippen LogP contribution in [0.1, 0.15) is 19.3 Å². The van der Waals surface area contributed by atoms with E-state index in [1.807, 2.05) is 66.7 Å². The number of fused-ring (bicyclic) bond motifs is 1. The van der Waals surface area contributed by atoms with Crippen LogP contribution in [0, 0.1) is 11.8 Å². The second-order valence-corrected chi connectivity index (χ2v) is 7.19. The molecule has 1 aliphatic heterocycles. The summed E-state index contributed by atoms with van der Waals surface area (Å²) < 4.78 is 0. The Bertz CT molecular complexity index is 910. The van der Waals surface area contributed by atoms with Crippen molar-refractivity contribution >= 4 is 23.4 Å². The van der Waals surface area contributed by atoms with Gasteiger partial charge in [0.05, 0.1) is 11.8 Å². The molecule has 1 N–H and O–H groups in total. The quantitative estimate of drug-likeness (QED) is 0.642. The second-order valence-electron chi connectivity index (χ2n) is 7.19. The molecule has 1 saturated heterocycles. The van der Waals surface area contributed by atoms with Gasteiger partial charge in [-0.2, -0.15) is 0 Å². The summed E-state index contributed by atoms with van der Waals surface area (Å²) in [6.45, 7) is 0.129. The third-order valence-electron chi connectivity index (χ3n) is 5.45. The molecule has 1 aliphatic carbocycles. The summed E-state index contributed by atoms with van der Waals surface area (Å²) in [6, 6.07) is 17.4. The highest BCUT2D eigenvalue weighted by Gasteiger charge is 2.46. The van der Waals surface area contributed by atoms with Crippen LogP contribution in [0.25, 0.3) is 11.1 Å². The van der Waals surface area contributed by atoms with Gasteiger partial charge < -0.3 is 5.32 Å². The molecule has 0 bridgehead atoms. The van der Waals surface area contributed by atoms with Crippen molar-refractivity contribution < 1.29 is 14.4 Å². The Morgan fingerprint density at radius 3 is 2.18 bits per heavy atom. The zero-order chi connectivity index (χ0) is 19.5. The summed E-state index contributed by atoms with van der Waals surface area (Å²) in [4.78, 5) is 38.8. The van der Waals surface area contributed by atoms with E-state index in [1.165, 1.54) is 4.90 Å². The minimum absolute atomic E-state index is 0.0907. The van der Waals surface area contributed by atoms with Crippen molar-refractivity contribution in [2.75, 3.05) is 11.9 Å². The maximum atomic E-state index is 12.5. The number of anilines is 1. The first kappa shape index (κ1) is 18.2. The van der Waals surface area contributed by atoms with Gasteiger partial charge in [-0.15, -0.1) is 0 Å². The Morgan fingerprint density at radius 2 is 1.50 bits per heavy atom. The van der Waals surface area contributed by atoms with Gasteiger partial charge in [0.25, 0.3) is 0 Å². The summed E-state index contributed by atoms with van der Waals surface area (Å²) in [6.07, 6.45) is 5.24. The number of likely N-dealkylation sites (tertiary alicyclic amines) is 1. The molecule has 2 aromatic carbocycles. The number of rotatable bonds is 5. The monoisotopic (exact) mass is 374 g/mol. The molecule has 142 valence electrons. The highest BCUT2D eigenvalue weighted by molar-refractivity contribution is 6.06. The highest BCUT2D eigenvalue weighted by Crippen LogP contribution is 2.35. The van der Waals surface area contributed by atoms with Crippen molar-refractivity contribution in [3.8, 4) is 11.1 Å². The molecule has 5 nitrogen and oxygen atoms in total. The number of amides is 3. The van der Waals surface area contributed by atoms with Crippen LogP contribution in [0.2, 0.25) is 0 Å². The molecule has 2 atom stereocenters. The van der Waals surface area contributed by atoms with Gasteiger partial charge in [-0.25, -0.2) is 0 Å². The van der Waals surface area contributed by atoms with Gasteiger partial charge in [0.2, 0.25) is 17.7 Å². The SMILES string of the molecule is O=C(CCN1C(=O)[C@@H]2CC=CC[C@H]2C1=O)Nc1ccccc1-c1ccccc1. The average molecular weight is 374 g/mol. The van der Waals surface area contributed by atoms with Crippen LogP contribution in [-0.2, 0) is 14.4 Å². The molecular formula is C23H22N2O3. The van der Waals surface area contributed by atoms with E-state index in [0.29, 0.717) is 12.8 Å². The molecule has 0 saturated carbocycles. The second kappa shape index (κ2) is 7.80. The Balaban J connectivity index is 1.41. The number of carbonyl (C=O) groups is 3. The van der Waals surface area contributed by atoms with E-state index in [4.69, 9.17) is 0 Å². The van der Waals surface area contributed by atoms with Crippen LogP contribution in [0.4, 0.5) is 5.69 Å². The standard InChI is InChI=1S/C23H22N2O3/c26-21(14-15-25-22(27)18-11-4-5-12-19(18)23(25)28)24-20-13-7-6-10-17(20)16-8-2-1-3-9-16/h1-10,13,18-19H,11-12,14-15H2,(H,24,26)/t18-,19-/m1/s1. The van der Waals surface area contributed by atoms with E-state index in [0.717, 1.165) is 16.8 Å². The number of nitrogens with zero attached hydrogens (tertiary/aromatic N) is 1. The fourth-order valence-corrected chi connectivity index (χ4v) is 3.98. The summed E-state index contributed by atoms with van der Waals surface area (Å²) in [5.41, 5.74) is 2.66. The van der Waals surface area contributed by atoms with Gasteiger partial charge in [-0.3, -0.25) is 19.3 Å². The van der Waals surface area contributed by atoms with Crippen molar-refractivity contribution in [3.63, 3.8) is 0 Å². The lowest BCUT2D eigenvalue weighted by atomic mass is 9.85. The molecule has 4 rings (SSSR count). The number of hydrogen-bond acceptors (Lipinski definition) is 3. The molecule has 1 fully saturated rings. The summed E-state index contributed by atoms with van der Waals surface area (Å²) in [7, 11) is 0. The number of imide groups is 1. The average Bonchev–Trinajstić information content (AvgIpc) is 2.98. The van der Waals surface area contributed by atoms with E-state index in [9.17, 15) is 14.4 Å². The normalized spacial score (nSPS) is 20.9. The number of nitrogens with one attached hydrogen (secondary N) is 1. The van der Waals surface area contributed by atoms with Crippen LogP contribution in [0.5, 0.6) is 0 Å². The highest BCUT2D eigenvalue weighted by atomic mass is 16.2. The number of para-hydroxylation sites is 1. The van der Waals surface area contributed by atoms with Crippen LogP contribution in [0.15, 0.2) is 66.7 Å². The number of hydrogen-bond donors (Lipinski definition) is 1. The molecule has 0 spiro atoms. The molecule has 0 aromatic heterocycles. The Labute approximate surface area is 164 Å². The van der Waals surface area contributed by atoms with Crippen molar-refractivity contribution in [3.05, 3.63) is 66.7 Å². The van der Waals surface area contributed by atoms with Crippen LogP contribution in [0.3, 0.4) is 0 Å². The lowest BCUT2D eigenvalue weighted by Gasteiger charge is -2.15. The van der Waals surface area contributed by atoms with E-state index in [2.05, 4.69) is 5.32 Å². The maximum absolute atomic E-state index is 12.5. The van der Waals surface area contributed by atoms with Crippen LogP contribution >= 0.6 is 0 Å². The lowest BCUT2D eigenvalue weighted by molar-refractivity contribution is -0.140. The molecule has 5 heteroatoms.